The summed E-state index contributed by atoms with van der Waals surface area (Å²) in [5.74, 6) is 10.2. The minimum absolute atomic E-state index is 0.0174. The van der Waals surface area contributed by atoms with Crippen molar-refractivity contribution in [3.05, 3.63) is 48.6 Å². The second kappa shape index (κ2) is 11.4. The average molecular weight is 510 g/mol. The van der Waals surface area contributed by atoms with Gasteiger partial charge in [-0.1, -0.05) is 63.2 Å². The quantitative estimate of drug-likeness (QED) is 0.297. The molecule has 3 rings (SSSR count). The van der Waals surface area contributed by atoms with Crippen LogP contribution in [0.1, 0.15) is 27.7 Å². The van der Waals surface area contributed by atoms with E-state index in [0.717, 1.165) is 18.1 Å². The summed E-state index contributed by atoms with van der Waals surface area (Å²) in [4.78, 5) is 27.3. The van der Waals surface area contributed by atoms with E-state index in [0.29, 0.717) is 0 Å². The van der Waals surface area contributed by atoms with E-state index in [2.05, 4.69) is 51.0 Å². The summed E-state index contributed by atoms with van der Waals surface area (Å²) in [5.41, 5.74) is -1.83. The van der Waals surface area contributed by atoms with Gasteiger partial charge in [0.25, 0.3) is 0 Å². The van der Waals surface area contributed by atoms with Gasteiger partial charge in [0.2, 0.25) is 0 Å². The van der Waals surface area contributed by atoms with Crippen molar-refractivity contribution in [2.24, 2.45) is 5.92 Å². The third-order valence-corrected chi connectivity index (χ3v) is 12.2. The normalized spacial score (nSPS) is 30.4. The number of ketones is 1. The van der Waals surface area contributed by atoms with Gasteiger partial charge in [0.05, 0.1) is 18.1 Å². The summed E-state index contributed by atoms with van der Waals surface area (Å²) in [6.45, 7) is 11.7. The molecule has 1 heterocycles. The molecule has 0 aromatic carbocycles. The molecule has 0 aromatic heterocycles. The first-order valence-electron chi connectivity index (χ1n) is 12.4. The molecule has 1 saturated heterocycles. The molecule has 3 unspecified atom stereocenters. The van der Waals surface area contributed by atoms with E-state index in [1.54, 1.807) is 0 Å². The third kappa shape index (κ3) is 5.00. The van der Waals surface area contributed by atoms with E-state index in [4.69, 9.17) is 9.16 Å². The Hall–Kier alpha value is -2.88. The van der Waals surface area contributed by atoms with Crippen LogP contribution in [0.3, 0.4) is 0 Å². The molecular weight excluding hydrogens is 474 g/mol. The summed E-state index contributed by atoms with van der Waals surface area (Å²) in [6.07, 6.45) is 5.75. The highest BCUT2D eigenvalue weighted by Gasteiger charge is 2.61. The predicted molar refractivity (Wildman–Crippen MR) is 140 cm³/mol. The largest absolute Gasteiger partial charge is 0.445 e. The van der Waals surface area contributed by atoms with Gasteiger partial charge in [-0.05, 0) is 54.9 Å². The van der Waals surface area contributed by atoms with E-state index in [9.17, 15) is 19.8 Å². The number of allylic oxidation sites excluding steroid dienone is 4. The summed E-state index contributed by atoms with van der Waals surface area (Å²) in [6, 6.07) is 0.842. The molecule has 192 valence electrons. The summed E-state index contributed by atoms with van der Waals surface area (Å²) in [7, 11) is -2.19. The standard InChI is InChI=1S/C28H35NO6Si/c1-6-18-34-27(32)29-23-17-16-21(30)19-22(23)28(33)25(31)15-13-11-10-12-14-24(29)26(28)20(5)35-36(7-2,8-3)9-4/h6,10-11,16-17,19-20,23-26,31,33H,1,7-9,18H2,2-5H3/b11-10-/t20-,23?,24+,25?,26?,28-/m1/s1. The fourth-order valence-corrected chi connectivity index (χ4v) is 8.35. The summed E-state index contributed by atoms with van der Waals surface area (Å²) in [5, 5.41) is 23.7. The lowest BCUT2D eigenvalue weighted by Gasteiger charge is -2.56. The average Bonchev–Trinajstić information content (AvgIpc) is 2.87. The van der Waals surface area contributed by atoms with Crippen molar-refractivity contribution in [3.8, 4) is 23.7 Å². The van der Waals surface area contributed by atoms with Crippen LogP contribution < -0.4 is 0 Å². The van der Waals surface area contributed by atoms with Gasteiger partial charge in [0.1, 0.15) is 24.4 Å². The van der Waals surface area contributed by atoms with Crippen LogP contribution in [0.4, 0.5) is 4.79 Å². The Morgan fingerprint density at radius 1 is 1.25 bits per heavy atom. The van der Waals surface area contributed by atoms with Gasteiger partial charge in [-0.2, -0.15) is 0 Å². The first-order chi connectivity index (χ1) is 17.2. The van der Waals surface area contributed by atoms with Crippen LogP contribution in [0, 0.1) is 29.6 Å². The second-order valence-corrected chi connectivity index (χ2v) is 14.0. The monoisotopic (exact) mass is 509 g/mol. The van der Waals surface area contributed by atoms with E-state index in [1.165, 1.54) is 41.4 Å². The Morgan fingerprint density at radius 2 is 1.89 bits per heavy atom. The number of likely N-dealkylation sites (tertiary alicyclic amines) is 1. The maximum Gasteiger partial charge on any atom is 0.411 e. The fraction of sp³-hybridized carbons (Fsp3) is 0.500. The Morgan fingerprint density at radius 3 is 2.50 bits per heavy atom. The highest BCUT2D eigenvalue weighted by Crippen LogP contribution is 2.47. The number of aliphatic hydroxyl groups excluding tert-OH is 1. The molecule has 36 heavy (non-hydrogen) atoms. The molecule has 7 nitrogen and oxygen atoms in total. The Kier molecular flexibility index (Phi) is 8.81. The van der Waals surface area contributed by atoms with E-state index in [-0.39, 0.29) is 18.0 Å². The van der Waals surface area contributed by atoms with Crippen LogP contribution in [0.15, 0.2) is 48.6 Å². The van der Waals surface area contributed by atoms with Gasteiger partial charge in [-0.15, -0.1) is 0 Å². The highest BCUT2D eigenvalue weighted by atomic mass is 28.4. The number of aliphatic hydroxyl groups is 2. The molecule has 8 heteroatoms. The number of amides is 1. The zero-order chi connectivity index (χ0) is 26.5. The Labute approximate surface area is 214 Å². The van der Waals surface area contributed by atoms with Crippen molar-refractivity contribution < 1.29 is 29.0 Å². The molecule has 1 fully saturated rings. The molecule has 2 bridgehead atoms. The van der Waals surface area contributed by atoms with Crippen molar-refractivity contribution in [3.63, 3.8) is 0 Å². The zero-order valence-corrected chi connectivity index (χ0v) is 22.4. The van der Waals surface area contributed by atoms with Crippen LogP contribution in [0.2, 0.25) is 18.1 Å². The van der Waals surface area contributed by atoms with Crippen molar-refractivity contribution in [2.75, 3.05) is 6.61 Å². The summed E-state index contributed by atoms with van der Waals surface area (Å²) < 4.78 is 12.2. The first kappa shape index (κ1) is 27.7. The van der Waals surface area contributed by atoms with E-state index >= 15 is 0 Å². The SMILES string of the molecule is C=CCOC(=O)N1C2C=CC(=O)C=C2[C@@]2(O)C(O)C#C/C=C\C#C[C@H]1C2[C@@H](C)O[Si](CC)(CC)CC. The number of rotatable bonds is 8. The number of ether oxygens (including phenoxy) is 1. The maximum atomic E-state index is 13.4. The van der Waals surface area contributed by atoms with Gasteiger partial charge in [-0.25, -0.2) is 4.79 Å². The molecule has 1 aliphatic heterocycles. The van der Waals surface area contributed by atoms with Crippen LogP contribution >= 0.6 is 0 Å². The molecule has 0 saturated carbocycles. The van der Waals surface area contributed by atoms with Crippen molar-refractivity contribution in [1.82, 2.24) is 4.90 Å². The predicted octanol–water partition coefficient (Wildman–Crippen LogP) is 3.12. The minimum Gasteiger partial charge on any atom is -0.445 e. The molecular formula is C28H35NO6Si. The van der Waals surface area contributed by atoms with Gasteiger partial charge in [-0.3, -0.25) is 9.69 Å². The number of carbonyl (C=O) groups is 2. The van der Waals surface area contributed by atoms with Crippen LogP contribution in [-0.4, -0.2) is 71.8 Å². The molecule has 0 radical (unpaired) electrons. The molecule has 1 amide bonds. The number of hydrogen-bond donors (Lipinski definition) is 2. The molecule has 0 spiro atoms. The number of piperidine rings is 1. The topological polar surface area (TPSA) is 96.3 Å². The molecule has 3 aliphatic rings. The van der Waals surface area contributed by atoms with Gasteiger partial charge in [0, 0.05) is 0 Å². The zero-order valence-electron chi connectivity index (χ0n) is 21.4. The first-order valence-corrected chi connectivity index (χ1v) is 15.0. The lowest BCUT2D eigenvalue weighted by atomic mass is 9.64. The molecule has 0 aromatic rings. The van der Waals surface area contributed by atoms with Gasteiger partial charge >= 0.3 is 6.09 Å². The maximum absolute atomic E-state index is 13.4. The smallest absolute Gasteiger partial charge is 0.411 e. The minimum atomic E-state index is -2.19. The third-order valence-electron chi connectivity index (χ3n) is 7.50. The Balaban J connectivity index is 2.28. The number of carbonyl (C=O) groups excluding carboxylic acids is 2. The highest BCUT2D eigenvalue weighted by molar-refractivity contribution is 6.73. The van der Waals surface area contributed by atoms with Crippen molar-refractivity contribution in [1.29, 1.82) is 0 Å². The van der Waals surface area contributed by atoms with E-state index in [1.807, 2.05) is 6.92 Å². The number of nitrogens with zero attached hydrogens (tertiary/aromatic N) is 1. The lowest BCUT2D eigenvalue weighted by Crippen LogP contribution is -2.71. The van der Waals surface area contributed by atoms with Gasteiger partial charge < -0.3 is 19.4 Å². The van der Waals surface area contributed by atoms with Crippen LogP contribution in [0.25, 0.3) is 0 Å². The lowest BCUT2D eigenvalue weighted by molar-refractivity contribution is -0.134. The van der Waals surface area contributed by atoms with Gasteiger partial charge in [0.15, 0.2) is 14.1 Å². The van der Waals surface area contributed by atoms with Crippen LogP contribution in [-0.2, 0) is 14.0 Å². The Bertz CT molecular complexity index is 1090. The number of fused-ring (bicyclic) bond motifs is 4. The molecule has 6 atom stereocenters. The second-order valence-electron chi connectivity index (χ2n) is 9.25. The van der Waals surface area contributed by atoms with E-state index < -0.39 is 50.2 Å². The number of hydrogen-bond acceptors (Lipinski definition) is 6. The molecule has 2 aliphatic carbocycles. The van der Waals surface area contributed by atoms with Crippen molar-refractivity contribution in [2.45, 2.75) is 75.7 Å². The van der Waals surface area contributed by atoms with Crippen molar-refractivity contribution >= 4 is 20.2 Å². The molecule has 2 N–H and O–H groups in total. The summed E-state index contributed by atoms with van der Waals surface area (Å²) >= 11 is 0. The van der Waals surface area contributed by atoms with Crippen LogP contribution in [0.5, 0.6) is 0 Å². The fourth-order valence-electron chi connectivity index (χ4n) is 5.42.